The molecule has 1 N–H and O–H groups in total. The predicted octanol–water partition coefficient (Wildman–Crippen LogP) is 5.54. The van der Waals surface area contributed by atoms with Crippen molar-refractivity contribution >= 4 is 27.3 Å². The lowest BCUT2D eigenvalue weighted by atomic mass is 9.97. The second kappa shape index (κ2) is 6.50. The van der Waals surface area contributed by atoms with E-state index >= 15 is 0 Å². The molecule has 0 amide bonds. The Morgan fingerprint density at radius 1 is 1.24 bits per heavy atom. The van der Waals surface area contributed by atoms with Crippen molar-refractivity contribution in [3.63, 3.8) is 0 Å². The first-order valence-corrected chi connectivity index (χ1v) is 8.10. The maximum Gasteiger partial charge on any atom is 0.416 e. The van der Waals surface area contributed by atoms with Crippen molar-refractivity contribution < 1.29 is 13.2 Å². The van der Waals surface area contributed by atoms with Crippen LogP contribution in [-0.2, 0) is 6.18 Å². The van der Waals surface area contributed by atoms with Gasteiger partial charge in [0.1, 0.15) is 0 Å². The molecule has 0 aliphatic rings. The van der Waals surface area contributed by atoms with Crippen molar-refractivity contribution in [3.05, 3.63) is 55.7 Å². The maximum absolute atomic E-state index is 12.8. The highest BCUT2D eigenvalue weighted by Crippen LogP contribution is 2.35. The van der Waals surface area contributed by atoms with Crippen LogP contribution >= 0.6 is 27.3 Å². The minimum Gasteiger partial charge on any atom is -0.306 e. The van der Waals surface area contributed by atoms with E-state index in [1.165, 1.54) is 6.07 Å². The summed E-state index contributed by atoms with van der Waals surface area (Å²) in [6.07, 6.45) is -4.30. The molecule has 21 heavy (non-hydrogen) atoms. The Labute approximate surface area is 134 Å². The van der Waals surface area contributed by atoms with Crippen molar-refractivity contribution in [3.8, 4) is 0 Å². The molecule has 1 heterocycles. The van der Waals surface area contributed by atoms with Gasteiger partial charge in [-0.3, -0.25) is 0 Å². The van der Waals surface area contributed by atoms with Gasteiger partial charge < -0.3 is 5.32 Å². The van der Waals surface area contributed by atoms with E-state index in [1.54, 1.807) is 24.3 Å². The Morgan fingerprint density at radius 3 is 2.43 bits per heavy atom. The number of halogens is 4. The molecule has 0 radical (unpaired) electrons. The summed E-state index contributed by atoms with van der Waals surface area (Å²) in [5, 5.41) is 3.34. The van der Waals surface area contributed by atoms with E-state index in [4.69, 9.17) is 0 Å². The van der Waals surface area contributed by atoms with E-state index in [0.29, 0.717) is 5.56 Å². The van der Waals surface area contributed by atoms with E-state index < -0.39 is 11.7 Å². The summed E-state index contributed by atoms with van der Waals surface area (Å²) in [6.45, 7) is 4.44. The van der Waals surface area contributed by atoms with Gasteiger partial charge in [-0.05, 0) is 64.8 Å². The minimum absolute atomic E-state index is 0.0893. The second-order valence-electron chi connectivity index (χ2n) is 4.70. The van der Waals surface area contributed by atoms with Crippen LogP contribution in [-0.4, -0.2) is 6.54 Å². The molecule has 1 unspecified atom stereocenters. The first-order valence-electron chi connectivity index (χ1n) is 6.49. The van der Waals surface area contributed by atoms with Gasteiger partial charge in [-0.1, -0.05) is 13.0 Å². The number of hydrogen-bond acceptors (Lipinski definition) is 2. The molecule has 114 valence electrons. The van der Waals surface area contributed by atoms with Crippen molar-refractivity contribution in [1.29, 1.82) is 0 Å². The predicted molar refractivity (Wildman–Crippen MR) is 83.7 cm³/mol. The Hall–Kier alpha value is -0.850. The van der Waals surface area contributed by atoms with Crippen LogP contribution in [0.15, 0.2) is 34.1 Å². The van der Waals surface area contributed by atoms with Crippen molar-refractivity contribution in [2.24, 2.45) is 0 Å². The average molecular weight is 378 g/mol. The van der Waals surface area contributed by atoms with Gasteiger partial charge in [-0.2, -0.15) is 13.2 Å². The lowest BCUT2D eigenvalue weighted by molar-refractivity contribution is -0.137. The fourth-order valence-corrected chi connectivity index (χ4v) is 3.75. The molecule has 0 saturated heterocycles. The molecule has 1 aromatic carbocycles. The highest BCUT2D eigenvalue weighted by Gasteiger charge is 2.31. The Balaban J connectivity index is 2.42. The molecule has 2 aromatic rings. The van der Waals surface area contributed by atoms with Crippen LogP contribution in [0.2, 0.25) is 0 Å². The van der Waals surface area contributed by atoms with Gasteiger partial charge in [0.2, 0.25) is 0 Å². The molecule has 0 aliphatic carbocycles. The average Bonchev–Trinajstić information content (AvgIpc) is 2.82. The van der Waals surface area contributed by atoms with Crippen LogP contribution in [0.4, 0.5) is 13.2 Å². The topological polar surface area (TPSA) is 12.0 Å². The zero-order chi connectivity index (χ0) is 15.6. The second-order valence-corrected chi connectivity index (χ2v) is 7.20. The van der Waals surface area contributed by atoms with Crippen LogP contribution in [0, 0.1) is 6.92 Å². The molecule has 6 heteroatoms. The summed E-state index contributed by atoms with van der Waals surface area (Å²) in [4.78, 5) is 1.08. The standard InChI is InChI=1S/C15H15BrF3NS/c1-3-20-14(12-6-7-13(16)21-12)11-5-4-10(8-9(11)2)15(17,18)19/h4-8,14,20H,3H2,1-2H3. The molecule has 1 atom stereocenters. The molecule has 0 aliphatic heterocycles. The number of benzene rings is 1. The highest BCUT2D eigenvalue weighted by molar-refractivity contribution is 9.11. The normalized spacial score (nSPS) is 13.4. The molecular formula is C15H15BrF3NS. The third-order valence-corrected chi connectivity index (χ3v) is 4.88. The van der Waals surface area contributed by atoms with Crippen LogP contribution in [0.5, 0.6) is 0 Å². The summed E-state index contributed by atoms with van der Waals surface area (Å²) >= 11 is 5.00. The van der Waals surface area contributed by atoms with E-state index in [1.807, 2.05) is 19.1 Å². The third kappa shape index (κ3) is 3.87. The highest BCUT2D eigenvalue weighted by atomic mass is 79.9. The number of aryl methyl sites for hydroxylation is 1. The first-order chi connectivity index (χ1) is 9.82. The molecular weight excluding hydrogens is 363 g/mol. The minimum atomic E-state index is -4.30. The van der Waals surface area contributed by atoms with E-state index in [0.717, 1.165) is 26.8 Å². The molecule has 1 aromatic heterocycles. The van der Waals surface area contributed by atoms with Gasteiger partial charge in [0, 0.05) is 4.88 Å². The summed E-state index contributed by atoms with van der Waals surface area (Å²) in [5.41, 5.74) is 0.908. The Morgan fingerprint density at radius 2 is 1.95 bits per heavy atom. The summed E-state index contributed by atoms with van der Waals surface area (Å²) < 4.78 is 39.3. The van der Waals surface area contributed by atoms with Crippen LogP contribution in [0.3, 0.4) is 0 Å². The lowest BCUT2D eigenvalue weighted by Crippen LogP contribution is -2.22. The molecule has 0 saturated carbocycles. The fourth-order valence-electron chi connectivity index (χ4n) is 2.23. The van der Waals surface area contributed by atoms with Gasteiger partial charge >= 0.3 is 6.18 Å². The maximum atomic E-state index is 12.8. The van der Waals surface area contributed by atoms with Gasteiger partial charge in [0.25, 0.3) is 0 Å². The number of hydrogen-bond donors (Lipinski definition) is 1. The Kier molecular flexibility index (Phi) is 5.11. The lowest BCUT2D eigenvalue weighted by Gasteiger charge is -2.20. The fraction of sp³-hybridized carbons (Fsp3) is 0.333. The summed E-state index contributed by atoms with van der Waals surface area (Å²) in [7, 11) is 0. The van der Waals surface area contributed by atoms with E-state index in [2.05, 4.69) is 21.2 Å². The molecule has 0 fully saturated rings. The summed E-state index contributed by atoms with van der Waals surface area (Å²) in [5.74, 6) is 0. The van der Waals surface area contributed by atoms with Crippen molar-refractivity contribution in [2.75, 3.05) is 6.54 Å². The zero-order valence-corrected chi connectivity index (χ0v) is 14.0. The van der Waals surface area contributed by atoms with Crippen molar-refractivity contribution in [1.82, 2.24) is 5.32 Å². The van der Waals surface area contributed by atoms with Gasteiger partial charge in [-0.15, -0.1) is 11.3 Å². The monoisotopic (exact) mass is 377 g/mol. The largest absolute Gasteiger partial charge is 0.416 e. The molecule has 2 rings (SSSR count). The molecule has 0 spiro atoms. The number of alkyl halides is 3. The van der Waals surface area contributed by atoms with E-state index in [-0.39, 0.29) is 6.04 Å². The van der Waals surface area contributed by atoms with E-state index in [9.17, 15) is 13.2 Å². The first kappa shape index (κ1) is 16.5. The van der Waals surface area contributed by atoms with Gasteiger partial charge in [-0.25, -0.2) is 0 Å². The summed E-state index contributed by atoms with van der Waals surface area (Å²) in [6, 6.07) is 7.77. The quantitative estimate of drug-likeness (QED) is 0.737. The molecule has 1 nitrogen and oxygen atoms in total. The number of rotatable bonds is 4. The Bertz CT molecular complexity index is 622. The van der Waals surface area contributed by atoms with Gasteiger partial charge in [0.05, 0.1) is 15.4 Å². The SMILES string of the molecule is CCNC(c1ccc(Br)s1)c1ccc(C(F)(F)F)cc1C. The smallest absolute Gasteiger partial charge is 0.306 e. The van der Waals surface area contributed by atoms with Crippen LogP contribution in [0.1, 0.15) is 34.5 Å². The van der Waals surface area contributed by atoms with Crippen LogP contribution in [0.25, 0.3) is 0 Å². The third-order valence-electron chi connectivity index (χ3n) is 3.19. The van der Waals surface area contributed by atoms with Crippen molar-refractivity contribution in [2.45, 2.75) is 26.1 Å². The van der Waals surface area contributed by atoms with Crippen LogP contribution < -0.4 is 5.32 Å². The van der Waals surface area contributed by atoms with Gasteiger partial charge in [0.15, 0.2) is 0 Å². The zero-order valence-electron chi connectivity index (χ0n) is 11.6. The molecule has 0 bridgehead atoms. The number of thiophene rings is 1. The number of nitrogens with one attached hydrogen (secondary N) is 1.